The Morgan fingerprint density at radius 2 is 1.61 bits per heavy atom. The average molecular weight is 512 g/mol. The molecule has 2 aliphatic rings. The number of hydrogen-bond donors (Lipinski definition) is 2. The Balaban J connectivity index is 1.56. The second-order valence-corrected chi connectivity index (χ2v) is 11.0. The average Bonchev–Trinajstić information content (AvgIpc) is 3.11. The molecule has 2 N–H and O–H groups in total. The smallest absolute Gasteiger partial charge is 0.246 e. The summed E-state index contributed by atoms with van der Waals surface area (Å²) in [5, 5.41) is 29.6. The molecule has 4 rings (SSSR count). The molecule has 11 heteroatoms. The lowest BCUT2D eigenvalue weighted by Crippen LogP contribution is -2.46. The summed E-state index contributed by atoms with van der Waals surface area (Å²) in [6, 6.07) is 10.9. The molecular weight excluding hydrogens is 489 g/mol. The van der Waals surface area contributed by atoms with Gasteiger partial charge in [0, 0.05) is 42.3 Å². The number of rotatable bonds is 5. The van der Waals surface area contributed by atoms with Gasteiger partial charge in [-0.1, -0.05) is 23.2 Å². The maximum absolute atomic E-state index is 13.5. The Hall–Kier alpha value is -1.90. The Morgan fingerprint density at radius 3 is 2.18 bits per heavy atom. The van der Waals surface area contributed by atoms with Crippen molar-refractivity contribution in [3.63, 3.8) is 0 Å². The van der Waals surface area contributed by atoms with Crippen LogP contribution < -0.4 is 4.74 Å². The minimum absolute atomic E-state index is 0.0697. The standard InChI is InChI=1S/C22H23Cl2N3O5S/c23-15-8-16(24)10-18(9-15)32-21-2-1-14(11-25)7-22(21)33(30,31)27-5-3-17(4-6-27)26-12-19(28)20(29)13-26/h1-2,7-10,17,19-20,28-29H,3-6,12-13H2. The van der Waals surface area contributed by atoms with Crippen LogP contribution in [0.3, 0.4) is 0 Å². The van der Waals surface area contributed by atoms with Crippen LogP contribution in [0.2, 0.25) is 10.0 Å². The first kappa shape index (κ1) is 24.2. The Labute approximate surface area is 202 Å². The van der Waals surface area contributed by atoms with Crippen molar-refractivity contribution in [1.82, 2.24) is 9.21 Å². The first-order valence-electron chi connectivity index (χ1n) is 10.5. The Kier molecular flexibility index (Phi) is 7.17. The number of sulfonamides is 1. The van der Waals surface area contributed by atoms with Crippen LogP contribution >= 0.6 is 23.2 Å². The number of β-amino-alcohol motifs (C(OH)–C–C–N with tert-alkyl or cyclic N) is 2. The van der Waals surface area contributed by atoms with Crippen molar-refractivity contribution in [3.05, 3.63) is 52.0 Å². The molecule has 2 aromatic carbocycles. The number of aliphatic hydroxyl groups is 2. The van der Waals surface area contributed by atoms with E-state index in [1.807, 2.05) is 11.0 Å². The van der Waals surface area contributed by atoms with Gasteiger partial charge in [0.05, 0.1) is 23.8 Å². The van der Waals surface area contributed by atoms with Gasteiger partial charge in [-0.15, -0.1) is 0 Å². The SMILES string of the molecule is N#Cc1ccc(Oc2cc(Cl)cc(Cl)c2)c(S(=O)(=O)N2CCC(N3CC(O)C(O)C3)CC2)c1. The van der Waals surface area contributed by atoms with Crippen molar-refractivity contribution >= 4 is 33.2 Å². The summed E-state index contributed by atoms with van der Waals surface area (Å²) in [6.45, 7) is 1.30. The van der Waals surface area contributed by atoms with Crippen molar-refractivity contribution in [2.24, 2.45) is 0 Å². The first-order chi connectivity index (χ1) is 15.7. The van der Waals surface area contributed by atoms with Gasteiger partial charge in [-0.05, 0) is 49.2 Å². The van der Waals surface area contributed by atoms with Gasteiger partial charge in [-0.3, -0.25) is 4.90 Å². The molecular formula is C22H23Cl2N3O5S. The van der Waals surface area contributed by atoms with Gasteiger partial charge < -0.3 is 14.9 Å². The predicted molar refractivity (Wildman–Crippen MR) is 123 cm³/mol. The number of halogens is 2. The lowest BCUT2D eigenvalue weighted by molar-refractivity contribution is 0.0572. The fourth-order valence-electron chi connectivity index (χ4n) is 4.26. The van der Waals surface area contributed by atoms with E-state index >= 15 is 0 Å². The third-order valence-corrected chi connectivity index (χ3v) is 8.34. The molecule has 2 aliphatic heterocycles. The lowest BCUT2D eigenvalue weighted by atomic mass is 10.1. The zero-order valence-electron chi connectivity index (χ0n) is 17.6. The maximum Gasteiger partial charge on any atom is 0.246 e. The van der Waals surface area contributed by atoms with Gasteiger partial charge in [0.25, 0.3) is 0 Å². The molecule has 2 aromatic rings. The summed E-state index contributed by atoms with van der Waals surface area (Å²) < 4.78 is 34.2. The van der Waals surface area contributed by atoms with Crippen LogP contribution in [-0.4, -0.2) is 72.3 Å². The molecule has 0 amide bonds. The molecule has 33 heavy (non-hydrogen) atoms. The third-order valence-electron chi connectivity index (χ3n) is 5.98. The number of ether oxygens (including phenoxy) is 1. The van der Waals surface area contributed by atoms with Gasteiger partial charge in [0.1, 0.15) is 16.4 Å². The Bertz CT molecular complexity index is 1150. The second kappa shape index (κ2) is 9.76. The van der Waals surface area contributed by atoms with Crippen LogP contribution in [0.4, 0.5) is 0 Å². The van der Waals surface area contributed by atoms with Gasteiger partial charge in [0.15, 0.2) is 0 Å². The predicted octanol–water partition coefficient (Wildman–Crippen LogP) is 2.85. The molecule has 0 saturated carbocycles. The largest absolute Gasteiger partial charge is 0.456 e. The molecule has 2 unspecified atom stereocenters. The fraction of sp³-hybridized carbons (Fsp3) is 0.409. The zero-order chi connectivity index (χ0) is 23.8. The molecule has 176 valence electrons. The highest BCUT2D eigenvalue weighted by atomic mass is 35.5. The number of likely N-dealkylation sites (tertiary alicyclic amines) is 1. The maximum atomic E-state index is 13.5. The number of nitrogens with zero attached hydrogens (tertiary/aromatic N) is 3. The highest BCUT2D eigenvalue weighted by Crippen LogP contribution is 2.35. The summed E-state index contributed by atoms with van der Waals surface area (Å²) in [5.41, 5.74) is 0.194. The number of piperidine rings is 1. The molecule has 0 spiro atoms. The minimum atomic E-state index is -3.96. The molecule has 0 radical (unpaired) electrons. The molecule has 8 nitrogen and oxygen atoms in total. The molecule has 2 saturated heterocycles. The topological polar surface area (TPSA) is 114 Å². The van der Waals surface area contributed by atoms with E-state index in [4.69, 9.17) is 27.9 Å². The Morgan fingerprint density at radius 1 is 1.00 bits per heavy atom. The van der Waals surface area contributed by atoms with Crippen molar-refractivity contribution < 1.29 is 23.4 Å². The molecule has 0 bridgehead atoms. The van der Waals surface area contributed by atoms with Crippen molar-refractivity contribution in [2.45, 2.75) is 36.0 Å². The van der Waals surface area contributed by atoms with Gasteiger partial charge in [-0.25, -0.2) is 8.42 Å². The number of nitriles is 1. The van der Waals surface area contributed by atoms with Gasteiger partial charge in [0.2, 0.25) is 10.0 Å². The van der Waals surface area contributed by atoms with Crippen LogP contribution in [0.1, 0.15) is 18.4 Å². The second-order valence-electron chi connectivity index (χ2n) is 8.20. The van der Waals surface area contributed by atoms with E-state index in [0.29, 0.717) is 36.0 Å². The van der Waals surface area contributed by atoms with Crippen LogP contribution in [0.5, 0.6) is 11.5 Å². The summed E-state index contributed by atoms with van der Waals surface area (Å²) in [6.07, 6.45) is -0.423. The van der Waals surface area contributed by atoms with Gasteiger partial charge >= 0.3 is 0 Å². The van der Waals surface area contributed by atoms with E-state index in [1.54, 1.807) is 0 Å². The normalized spacial score (nSPS) is 22.9. The van der Waals surface area contributed by atoms with Crippen LogP contribution in [-0.2, 0) is 10.0 Å². The van der Waals surface area contributed by atoms with E-state index in [0.717, 1.165) is 0 Å². The zero-order valence-corrected chi connectivity index (χ0v) is 19.9. The van der Waals surface area contributed by atoms with Crippen LogP contribution in [0, 0.1) is 11.3 Å². The van der Waals surface area contributed by atoms with E-state index in [1.165, 1.54) is 40.7 Å². The minimum Gasteiger partial charge on any atom is -0.456 e. The summed E-state index contributed by atoms with van der Waals surface area (Å²) >= 11 is 12.1. The van der Waals surface area contributed by atoms with Crippen LogP contribution in [0.15, 0.2) is 41.3 Å². The monoisotopic (exact) mass is 511 g/mol. The highest BCUT2D eigenvalue weighted by molar-refractivity contribution is 7.89. The van der Waals surface area contributed by atoms with Crippen molar-refractivity contribution in [1.29, 1.82) is 5.26 Å². The van der Waals surface area contributed by atoms with Gasteiger partial charge in [-0.2, -0.15) is 9.57 Å². The number of aliphatic hydroxyl groups excluding tert-OH is 2. The van der Waals surface area contributed by atoms with Crippen molar-refractivity contribution in [2.75, 3.05) is 26.2 Å². The molecule has 2 atom stereocenters. The number of benzene rings is 2. The van der Waals surface area contributed by atoms with Crippen molar-refractivity contribution in [3.8, 4) is 17.6 Å². The van der Waals surface area contributed by atoms with E-state index in [9.17, 15) is 23.9 Å². The molecule has 2 fully saturated rings. The van der Waals surface area contributed by atoms with Crippen LogP contribution in [0.25, 0.3) is 0 Å². The first-order valence-corrected chi connectivity index (χ1v) is 12.7. The number of hydrogen-bond acceptors (Lipinski definition) is 7. The van der Waals surface area contributed by atoms with E-state index < -0.39 is 22.2 Å². The highest BCUT2D eigenvalue weighted by Gasteiger charge is 2.38. The summed E-state index contributed by atoms with van der Waals surface area (Å²) in [5.74, 6) is 0.346. The fourth-order valence-corrected chi connectivity index (χ4v) is 6.38. The molecule has 2 heterocycles. The third kappa shape index (κ3) is 5.28. The lowest BCUT2D eigenvalue weighted by Gasteiger charge is -2.36. The molecule has 0 aliphatic carbocycles. The molecule has 0 aromatic heterocycles. The summed E-state index contributed by atoms with van der Waals surface area (Å²) in [4.78, 5) is 1.90. The van der Waals surface area contributed by atoms with E-state index in [-0.39, 0.29) is 41.1 Å². The summed E-state index contributed by atoms with van der Waals surface area (Å²) in [7, 11) is -3.96. The van der Waals surface area contributed by atoms with E-state index in [2.05, 4.69) is 0 Å². The quantitative estimate of drug-likeness (QED) is 0.634.